The fourth-order valence-corrected chi connectivity index (χ4v) is 2.81. The molecule has 0 aliphatic heterocycles. The highest BCUT2D eigenvalue weighted by Gasteiger charge is 2.11. The fraction of sp³-hybridized carbons (Fsp3) is 0. The molecule has 1 amide bonds. The van der Waals surface area contributed by atoms with Crippen LogP contribution in [0.15, 0.2) is 76.4 Å². The van der Waals surface area contributed by atoms with Gasteiger partial charge >= 0.3 is 5.91 Å². The molecule has 31 heavy (non-hydrogen) atoms. The lowest BCUT2D eigenvalue weighted by atomic mass is 10.2. The van der Waals surface area contributed by atoms with Gasteiger partial charge in [-0.1, -0.05) is 11.6 Å². The average Bonchev–Trinajstić information content (AvgIpc) is 3.18. The number of nitro groups is 1. The van der Waals surface area contributed by atoms with E-state index in [1.54, 1.807) is 48.5 Å². The summed E-state index contributed by atoms with van der Waals surface area (Å²) < 4.78 is 11.0. The first-order valence-corrected chi connectivity index (χ1v) is 9.26. The topological polar surface area (TPSA) is 120 Å². The Bertz CT molecular complexity index is 1280. The Morgan fingerprint density at radius 1 is 1.16 bits per heavy atom. The average molecular weight is 437 g/mol. The van der Waals surface area contributed by atoms with E-state index in [2.05, 4.69) is 15.5 Å². The Hall–Kier alpha value is -4.24. The Morgan fingerprint density at radius 3 is 2.68 bits per heavy atom. The van der Waals surface area contributed by atoms with E-state index in [0.717, 1.165) is 11.6 Å². The molecule has 0 atom stereocenters. The van der Waals surface area contributed by atoms with Gasteiger partial charge < -0.3 is 9.15 Å². The van der Waals surface area contributed by atoms with Crippen LogP contribution in [0.4, 0.5) is 5.69 Å². The first-order chi connectivity index (χ1) is 15.0. The molecule has 4 rings (SSSR count). The van der Waals surface area contributed by atoms with E-state index in [1.165, 1.54) is 18.3 Å². The lowest BCUT2D eigenvalue weighted by Gasteiger charge is -2.04. The zero-order valence-electron chi connectivity index (χ0n) is 15.7. The van der Waals surface area contributed by atoms with Gasteiger partial charge in [0.2, 0.25) is 5.88 Å². The van der Waals surface area contributed by atoms with Gasteiger partial charge in [0.15, 0.2) is 5.76 Å². The number of rotatable bonds is 6. The third-order valence-electron chi connectivity index (χ3n) is 4.12. The van der Waals surface area contributed by atoms with Crippen LogP contribution < -0.4 is 10.2 Å². The number of aromatic nitrogens is 1. The zero-order valence-corrected chi connectivity index (χ0v) is 16.4. The molecule has 0 unspecified atom stereocenters. The van der Waals surface area contributed by atoms with Gasteiger partial charge in [0.1, 0.15) is 17.5 Å². The van der Waals surface area contributed by atoms with Crippen LogP contribution in [-0.4, -0.2) is 22.0 Å². The van der Waals surface area contributed by atoms with Gasteiger partial charge in [0, 0.05) is 22.5 Å². The number of carbonyl (C=O) groups is 1. The quantitative estimate of drug-likeness (QED) is 0.259. The first-order valence-electron chi connectivity index (χ1n) is 8.89. The van der Waals surface area contributed by atoms with E-state index in [9.17, 15) is 14.9 Å². The summed E-state index contributed by atoms with van der Waals surface area (Å²) >= 11 is 5.93. The predicted molar refractivity (Wildman–Crippen MR) is 114 cm³/mol. The highest BCUT2D eigenvalue weighted by Crippen LogP contribution is 2.23. The van der Waals surface area contributed by atoms with Crippen molar-refractivity contribution in [2.45, 2.75) is 0 Å². The largest absolute Gasteiger partial charge is 0.451 e. The normalized spacial score (nSPS) is 11.0. The smallest absolute Gasteiger partial charge is 0.307 e. The molecule has 2 aromatic heterocycles. The van der Waals surface area contributed by atoms with E-state index < -0.39 is 10.8 Å². The standard InChI is InChI=1S/C21H13ClN4O5/c22-15-3-7-18-14(9-15)10-19(31-18)21(27)25-24-11-13-1-5-17(6-2-13)30-20-8-4-16(12-23-20)26(28)29/h1-12H,(H,25,27)/b24-11+. The number of amides is 1. The molecule has 0 bridgehead atoms. The van der Waals surface area contributed by atoms with Gasteiger partial charge in [-0.25, -0.2) is 10.4 Å². The molecule has 0 fully saturated rings. The van der Waals surface area contributed by atoms with Crippen LogP contribution >= 0.6 is 11.6 Å². The van der Waals surface area contributed by atoms with Crippen LogP contribution in [0.2, 0.25) is 5.02 Å². The zero-order chi connectivity index (χ0) is 21.8. The maximum absolute atomic E-state index is 12.2. The number of ether oxygens (including phenoxy) is 1. The van der Waals surface area contributed by atoms with Gasteiger partial charge in [-0.05, 0) is 54.1 Å². The van der Waals surface area contributed by atoms with Crippen molar-refractivity contribution in [1.29, 1.82) is 0 Å². The van der Waals surface area contributed by atoms with E-state index >= 15 is 0 Å². The minimum absolute atomic E-state index is 0.118. The molecule has 0 saturated carbocycles. The number of hydrogen-bond acceptors (Lipinski definition) is 7. The number of hydrogen-bond donors (Lipinski definition) is 1. The number of benzene rings is 2. The van der Waals surface area contributed by atoms with Gasteiger partial charge in [0.05, 0.1) is 11.1 Å². The van der Waals surface area contributed by atoms with Crippen molar-refractivity contribution in [2.75, 3.05) is 0 Å². The number of carbonyl (C=O) groups excluding carboxylic acids is 1. The second-order valence-electron chi connectivity index (χ2n) is 6.27. The van der Waals surface area contributed by atoms with E-state index in [1.807, 2.05) is 0 Å². The maximum Gasteiger partial charge on any atom is 0.307 e. The van der Waals surface area contributed by atoms with Crippen LogP contribution in [0, 0.1) is 10.1 Å². The highest BCUT2D eigenvalue weighted by atomic mass is 35.5. The summed E-state index contributed by atoms with van der Waals surface area (Å²) in [7, 11) is 0. The van der Waals surface area contributed by atoms with Crippen molar-refractivity contribution in [3.05, 3.63) is 93.3 Å². The van der Waals surface area contributed by atoms with Crippen LogP contribution in [0.3, 0.4) is 0 Å². The number of hydrazone groups is 1. The minimum Gasteiger partial charge on any atom is -0.451 e. The monoisotopic (exact) mass is 436 g/mol. The second-order valence-corrected chi connectivity index (χ2v) is 6.71. The predicted octanol–water partition coefficient (Wildman–Crippen LogP) is 4.95. The third kappa shape index (κ3) is 4.85. The summed E-state index contributed by atoms with van der Waals surface area (Å²) in [6.45, 7) is 0. The second kappa shape index (κ2) is 8.64. The molecule has 0 saturated heterocycles. The highest BCUT2D eigenvalue weighted by molar-refractivity contribution is 6.31. The number of pyridine rings is 1. The molecule has 9 nitrogen and oxygen atoms in total. The number of nitrogens with one attached hydrogen (secondary N) is 1. The van der Waals surface area contributed by atoms with Crippen molar-refractivity contribution < 1.29 is 18.9 Å². The van der Waals surface area contributed by atoms with Crippen molar-refractivity contribution in [2.24, 2.45) is 5.10 Å². The molecular formula is C21H13ClN4O5. The lowest BCUT2D eigenvalue weighted by Crippen LogP contribution is -2.16. The molecule has 10 heteroatoms. The Morgan fingerprint density at radius 2 is 1.97 bits per heavy atom. The van der Waals surface area contributed by atoms with Crippen molar-refractivity contribution in [3.8, 4) is 11.6 Å². The molecule has 2 aromatic carbocycles. The summed E-state index contributed by atoms with van der Waals surface area (Å²) in [5.41, 5.74) is 3.54. The van der Waals surface area contributed by atoms with Crippen LogP contribution in [-0.2, 0) is 0 Å². The minimum atomic E-state index is -0.534. The van der Waals surface area contributed by atoms with Crippen molar-refractivity contribution in [3.63, 3.8) is 0 Å². The summed E-state index contributed by atoms with van der Waals surface area (Å²) in [6.07, 6.45) is 2.58. The maximum atomic E-state index is 12.2. The number of nitrogens with zero attached hydrogens (tertiary/aromatic N) is 3. The Balaban J connectivity index is 1.35. The molecule has 0 spiro atoms. The molecule has 0 radical (unpaired) electrons. The first kappa shape index (κ1) is 20.0. The Kier molecular flexibility index (Phi) is 5.59. The van der Waals surface area contributed by atoms with Gasteiger partial charge in [0.25, 0.3) is 5.69 Å². The molecule has 0 aliphatic carbocycles. The van der Waals surface area contributed by atoms with Crippen molar-refractivity contribution in [1.82, 2.24) is 10.4 Å². The molecular weight excluding hydrogens is 424 g/mol. The van der Waals surface area contributed by atoms with E-state index in [4.69, 9.17) is 20.8 Å². The summed E-state index contributed by atoms with van der Waals surface area (Å²) in [5.74, 6) is 0.344. The number of furan rings is 1. The SMILES string of the molecule is O=C(N/N=C/c1ccc(Oc2ccc([N+](=O)[O-])cn2)cc1)c1cc2cc(Cl)ccc2o1. The fourth-order valence-electron chi connectivity index (χ4n) is 2.63. The van der Waals surface area contributed by atoms with Gasteiger partial charge in [-0.3, -0.25) is 14.9 Å². The molecule has 1 N–H and O–H groups in total. The molecule has 154 valence electrons. The molecule has 4 aromatic rings. The third-order valence-corrected chi connectivity index (χ3v) is 4.35. The van der Waals surface area contributed by atoms with Crippen LogP contribution in [0.5, 0.6) is 11.6 Å². The van der Waals surface area contributed by atoms with Gasteiger partial charge in [-0.15, -0.1) is 0 Å². The van der Waals surface area contributed by atoms with E-state index in [-0.39, 0.29) is 17.3 Å². The lowest BCUT2D eigenvalue weighted by molar-refractivity contribution is -0.385. The van der Waals surface area contributed by atoms with E-state index in [0.29, 0.717) is 21.9 Å². The number of fused-ring (bicyclic) bond motifs is 1. The summed E-state index contributed by atoms with van der Waals surface area (Å²) in [6, 6.07) is 16.2. The molecule has 2 heterocycles. The van der Waals surface area contributed by atoms with Crippen LogP contribution in [0.25, 0.3) is 11.0 Å². The van der Waals surface area contributed by atoms with Gasteiger partial charge in [-0.2, -0.15) is 5.10 Å². The van der Waals surface area contributed by atoms with Crippen LogP contribution in [0.1, 0.15) is 16.1 Å². The summed E-state index contributed by atoms with van der Waals surface area (Å²) in [4.78, 5) is 26.2. The summed E-state index contributed by atoms with van der Waals surface area (Å²) in [5, 5.41) is 15.8. The Labute approximate surface area is 180 Å². The molecule has 0 aliphatic rings. The number of halogens is 1. The van der Waals surface area contributed by atoms with Crippen molar-refractivity contribution >= 4 is 40.4 Å².